The third kappa shape index (κ3) is 5.83. The maximum absolute atomic E-state index is 13.5. The molecule has 0 saturated heterocycles. The molecule has 2 aromatic carbocycles. The molecule has 1 heterocycles. The minimum Gasteiger partial charge on any atom is -0.308 e. The fourth-order valence-electron chi connectivity index (χ4n) is 3.70. The van der Waals surface area contributed by atoms with Crippen LogP contribution in [0.3, 0.4) is 0 Å². The Labute approximate surface area is 207 Å². The van der Waals surface area contributed by atoms with Crippen molar-refractivity contribution in [2.75, 3.05) is 45.2 Å². The zero-order valence-electron chi connectivity index (χ0n) is 20.6. The van der Waals surface area contributed by atoms with E-state index in [4.69, 9.17) is 4.98 Å². The molecule has 0 aliphatic carbocycles. The number of thiazole rings is 1. The van der Waals surface area contributed by atoms with Gasteiger partial charge in [-0.05, 0) is 69.8 Å². The van der Waals surface area contributed by atoms with E-state index in [1.54, 1.807) is 17.0 Å². The van der Waals surface area contributed by atoms with Gasteiger partial charge in [0, 0.05) is 31.7 Å². The van der Waals surface area contributed by atoms with E-state index < -0.39 is 10.0 Å². The zero-order valence-corrected chi connectivity index (χ0v) is 22.2. The first-order valence-corrected chi connectivity index (χ1v) is 13.9. The van der Waals surface area contributed by atoms with Crippen LogP contribution in [0.1, 0.15) is 42.6 Å². The molecule has 3 rings (SSSR count). The van der Waals surface area contributed by atoms with Crippen LogP contribution in [0.25, 0.3) is 10.2 Å². The number of aryl methyl sites for hydroxylation is 1. The summed E-state index contributed by atoms with van der Waals surface area (Å²) in [5, 5.41) is 0.643. The third-order valence-corrected chi connectivity index (χ3v) is 8.50. The van der Waals surface area contributed by atoms with Crippen LogP contribution in [0.15, 0.2) is 47.4 Å². The number of hydrogen-bond donors (Lipinski definition) is 0. The van der Waals surface area contributed by atoms with E-state index in [1.807, 2.05) is 58.0 Å². The Morgan fingerprint density at radius 1 is 0.941 bits per heavy atom. The number of benzene rings is 2. The number of carbonyl (C=O) groups is 1. The first kappa shape index (κ1) is 26.3. The molecule has 0 unspecified atom stereocenters. The van der Waals surface area contributed by atoms with E-state index in [0.29, 0.717) is 36.9 Å². The maximum Gasteiger partial charge on any atom is 0.260 e. The lowest BCUT2D eigenvalue weighted by Crippen LogP contribution is -2.36. The quantitative estimate of drug-likeness (QED) is 0.382. The summed E-state index contributed by atoms with van der Waals surface area (Å²) >= 11 is 1.49. The second-order valence-electron chi connectivity index (χ2n) is 8.61. The second kappa shape index (κ2) is 11.4. The first-order chi connectivity index (χ1) is 16.2. The highest BCUT2D eigenvalue weighted by atomic mass is 32.2. The number of nitrogens with zero attached hydrogens (tertiary/aromatic N) is 4. The van der Waals surface area contributed by atoms with E-state index in [2.05, 4.69) is 0 Å². The number of rotatable bonds is 11. The second-order valence-corrected chi connectivity index (χ2v) is 11.6. The molecule has 0 fully saturated rings. The number of hydrogen-bond acceptors (Lipinski definition) is 6. The maximum atomic E-state index is 13.5. The van der Waals surface area contributed by atoms with Gasteiger partial charge in [0.2, 0.25) is 10.0 Å². The van der Waals surface area contributed by atoms with Gasteiger partial charge in [-0.1, -0.05) is 37.3 Å². The van der Waals surface area contributed by atoms with Crippen LogP contribution in [0, 0.1) is 6.92 Å². The minimum atomic E-state index is -3.59. The predicted molar refractivity (Wildman–Crippen MR) is 140 cm³/mol. The molecule has 1 aromatic heterocycles. The van der Waals surface area contributed by atoms with Crippen molar-refractivity contribution in [3.63, 3.8) is 0 Å². The summed E-state index contributed by atoms with van der Waals surface area (Å²) in [6, 6.07) is 12.3. The smallest absolute Gasteiger partial charge is 0.260 e. The SMILES string of the molecule is CCCN(CCC)S(=O)(=O)c1ccc(C(=O)N(CCN(C)C)c2nc3c(C)cccc3s2)cc1. The van der Waals surface area contributed by atoms with Crippen LogP contribution in [-0.2, 0) is 10.0 Å². The lowest BCUT2D eigenvalue weighted by Gasteiger charge is -2.23. The van der Waals surface area contributed by atoms with Gasteiger partial charge in [-0.2, -0.15) is 4.31 Å². The van der Waals surface area contributed by atoms with Crippen molar-refractivity contribution in [1.82, 2.24) is 14.2 Å². The molecule has 184 valence electrons. The number of para-hydroxylation sites is 1. The van der Waals surface area contributed by atoms with Crippen LogP contribution >= 0.6 is 11.3 Å². The summed E-state index contributed by atoms with van der Waals surface area (Å²) in [5.74, 6) is -0.193. The van der Waals surface area contributed by atoms with E-state index in [9.17, 15) is 13.2 Å². The summed E-state index contributed by atoms with van der Waals surface area (Å²) in [6.45, 7) is 8.05. The third-order valence-electron chi connectivity index (χ3n) is 5.54. The fraction of sp³-hybridized carbons (Fsp3) is 0.440. The lowest BCUT2D eigenvalue weighted by atomic mass is 10.2. The van der Waals surface area contributed by atoms with Crippen molar-refractivity contribution in [3.8, 4) is 0 Å². The number of sulfonamides is 1. The molecular weight excluding hydrogens is 468 g/mol. The average Bonchev–Trinajstić information content (AvgIpc) is 3.24. The Hall–Kier alpha value is -2.33. The van der Waals surface area contributed by atoms with Crippen LogP contribution < -0.4 is 4.90 Å². The molecule has 0 bridgehead atoms. The highest BCUT2D eigenvalue weighted by molar-refractivity contribution is 7.89. The number of aromatic nitrogens is 1. The van der Waals surface area contributed by atoms with Crippen molar-refractivity contribution >= 4 is 42.6 Å². The largest absolute Gasteiger partial charge is 0.308 e. The molecule has 0 aliphatic heterocycles. The standard InChI is InChI=1S/C25H34N4O3S2/c1-6-15-28(16-7-2)34(31,32)21-13-11-20(12-14-21)24(30)29(18-17-27(4)5)25-26-23-19(3)9-8-10-22(23)33-25/h8-14H,6-7,15-18H2,1-5H3. The molecule has 1 amide bonds. The van der Waals surface area contributed by atoms with E-state index in [1.165, 1.54) is 27.8 Å². The Morgan fingerprint density at radius 2 is 1.59 bits per heavy atom. The normalized spacial score (nSPS) is 12.1. The van der Waals surface area contributed by atoms with Crippen molar-refractivity contribution in [3.05, 3.63) is 53.6 Å². The van der Waals surface area contributed by atoms with Gasteiger partial charge in [-0.15, -0.1) is 0 Å². The molecule has 7 nitrogen and oxygen atoms in total. The van der Waals surface area contributed by atoms with Crippen molar-refractivity contribution in [1.29, 1.82) is 0 Å². The monoisotopic (exact) mass is 502 g/mol. The molecule has 34 heavy (non-hydrogen) atoms. The van der Waals surface area contributed by atoms with Gasteiger partial charge in [-0.3, -0.25) is 9.69 Å². The van der Waals surface area contributed by atoms with Crippen LogP contribution in [-0.4, -0.2) is 68.8 Å². The highest BCUT2D eigenvalue weighted by Gasteiger charge is 2.25. The van der Waals surface area contributed by atoms with Crippen molar-refractivity contribution < 1.29 is 13.2 Å². The van der Waals surface area contributed by atoms with Gasteiger partial charge < -0.3 is 4.90 Å². The minimum absolute atomic E-state index is 0.193. The van der Waals surface area contributed by atoms with Gasteiger partial charge in [0.1, 0.15) is 0 Å². The summed E-state index contributed by atoms with van der Waals surface area (Å²) in [6.07, 6.45) is 1.50. The molecule has 0 radical (unpaired) electrons. The first-order valence-electron chi connectivity index (χ1n) is 11.6. The number of likely N-dealkylation sites (N-methyl/N-ethyl adjacent to an activating group) is 1. The Morgan fingerprint density at radius 3 is 2.15 bits per heavy atom. The van der Waals surface area contributed by atoms with Gasteiger partial charge >= 0.3 is 0 Å². The van der Waals surface area contributed by atoms with Crippen molar-refractivity contribution in [2.45, 2.75) is 38.5 Å². The molecule has 0 saturated carbocycles. The zero-order chi connectivity index (χ0) is 24.9. The summed E-state index contributed by atoms with van der Waals surface area (Å²) < 4.78 is 28.7. The summed E-state index contributed by atoms with van der Waals surface area (Å²) in [4.78, 5) is 22.2. The predicted octanol–water partition coefficient (Wildman–Crippen LogP) is 4.62. The molecule has 3 aromatic rings. The van der Waals surface area contributed by atoms with Crippen molar-refractivity contribution in [2.24, 2.45) is 0 Å². The number of amides is 1. The highest BCUT2D eigenvalue weighted by Crippen LogP contribution is 2.31. The van der Waals surface area contributed by atoms with Gasteiger partial charge in [-0.25, -0.2) is 13.4 Å². The Bertz CT molecular complexity index is 1210. The van der Waals surface area contributed by atoms with Crippen LogP contribution in [0.5, 0.6) is 0 Å². The summed E-state index contributed by atoms with van der Waals surface area (Å²) in [7, 11) is 0.331. The van der Waals surface area contributed by atoms with Gasteiger partial charge in [0.25, 0.3) is 5.91 Å². The number of fused-ring (bicyclic) bond motifs is 1. The Balaban J connectivity index is 1.92. The Kier molecular flexibility index (Phi) is 8.81. The van der Waals surface area contributed by atoms with Crippen LogP contribution in [0.2, 0.25) is 0 Å². The summed E-state index contributed by atoms with van der Waals surface area (Å²) in [5.41, 5.74) is 2.41. The van der Waals surface area contributed by atoms with E-state index in [0.717, 1.165) is 28.6 Å². The number of carbonyl (C=O) groups excluding carboxylic acids is 1. The lowest BCUT2D eigenvalue weighted by molar-refractivity contribution is 0.0985. The molecule has 0 N–H and O–H groups in total. The van der Waals surface area contributed by atoms with Gasteiger partial charge in [0.15, 0.2) is 5.13 Å². The van der Waals surface area contributed by atoms with E-state index >= 15 is 0 Å². The fourth-order valence-corrected chi connectivity index (χ4v) is 6.39. The number of anilines is 1. The topological polar surface area (TPSA) is 73.8 Å². The molecule has 0 spiro atoms. The van der Waals surface area contributed by atoms with Gasteiger partial charge in [0.05, 0.1) is 15.1 Å². The molecule has 0 atom stereocenters. The van der Waals surface area contributed by atoms with E-state index in [-0.39, 0.29) is 10.8 Å². The molecular formula is C25H34N4O3S2. The molecule has 9 heteroatoms. The average molecular weight is 503 g/mol. The molecule has 0 aliphatic rings. The van der Waals surface area contributed by atoms with Crippen LogP contribution in [0.4, 0.5) is 5.13 Å².